The van der Waals surface area contributed by atoms with Gasteiger partial charge in [-0.15, -0.1) is 0 Å². The van der Waals surface area contributed by atoms with E-state index in [-0.39, 0.29) is 81.6 Å². The van der Waals surface area contributed by atoms with Crippen molar-refractivity contribution in [1.82, 2.24) is 99.3 Å². The molecule has 0 aliphatic rings. The highest BCUT2D eigenvalue weighted by Gasteiger charge is 2.28. The summed E-state index contributed by atoms with van der Waals surface area (Å²) in [4.78, 5) is 119. The Morgan fingerprint density at radius 1 is 0.446 bits per heavy atom. The van der Waals surface area contributed by atoms with Gasteiger partial charge in [0.25, 0.3) is 0 Å². The summed E-state index contributed by atoms with van der Waals surface area (Å²) in [6.45, 7) is 0.433. The molecule has 0 spiro atoms. The van der Waals surface area contributed by atoms with Crippen molar-refractivity contribution in [2.24, 2.45) is 17.2 Å². The third-order valence-corrected chi connectivity index (χ3v) is 11.9. The quantitative estimate of drug-likeness (QED) is 0.0244. The Hall–Kier alpha value is -9.33. The van der Waals surface area contributed by atoms with E-state index in [0.717, 1.165) is 0 Å². The summed E-state index contributed by atoms with van der Waals surface area (Å²) in [6, 6.07) is -4.56. The number of carbonyl (C=O) groups excluding carboxylic acids is 5. The molecule has 0 bridgehead atoms. The van der Waals surface area contributed by atoms with Gasteiger partial charge in [0.05, 0.1) is 43.4 Å². The fourth-order valence-corrected chi connectivity index (χ4v) is 8.44. The molecule has 0 aromatic carbocycles. The number of hydrogen-bond acceptors (Lipinski definition) is 23. The molecule has 0 aliphatic heterocycles. The van der Waals surface area contributed by atoms with Gasteiger partial charge in [0, 0.05) is 57.9 Å². The second-order valence-electron chi connectivity index (χ2n) is 17.5. The molecule has 0 radical (unpaired) electrons. The molecule has 18 N–H and O–H groups in total. The molecule has 32 heteroatoms. The molecule has 8 rings (SSSR count). The van der Waals surface area contributed by atoms with E-state index in [1.165, 1.54) is 50.6 Å². The van der Waals surface area contributed by atoms with Crippen LogP contribution in [-0.4, -0.2) is 144 Å². The van der Waals surface area contributed by atoms with Crippen LogP contribution in [0.15, 0.2) is 50.6 Å². The molecule has 5 atom stereocenters. The zero-order valence-corrected chi connectivity index (χ0v) is 39.7. The number of fused-ring (bicyclic) bond motifs is 4. The second kappa shape index (κ2) is 22.8. The normalized spacial score (nSPS) is 13.6. The Kier molecular flexibility index (Phi) is 15.7. The lowest BCUT2D eigenvalue weighted by Crippen LogP contribution is -2.49. The van der Waals surface area contributed by atoms with Crippen LogP contribution in [0.1, 0.15) is 44.9 Å². The third-order valence-electron chi connectivity index (χ3n) is 11.9. The number of carbonyl (C=O) groups is 5. The number of nitrogen functional groups attached to an aromatic ring is 4. The van der Waals surface area contributed by atoms with E-state index in [2.05, 4.69) is 81.1 Å². The smallest absolute Gasteiger partial charge is 0.239 e. The number of nitrogens with zero attached hydrogens (tertiary/aromatic N) is 16. The summed E-state index contributed by atoms with van der Waals surface area (Å²) in [5, 5.41) is 11.5. The fraction of sp³-hybridized carbons (Fsp3) is 0.405. The zero-order chi connectivity index (χ0) is 52.5. The second-order valence-corrected chi connectivity index (χ2v) is 17.5. The summed E-state index contributed by atoms with van der Waals surface area (Å²) >= 11 is 0. The first-order valence-corrected chi connectivity index (χ1v) is 23.2. The monoisotopic (exact) mass is 1020 g/mol. The SMILES string of the molecule is NCCCC[C@H](NC(=O)C[C@@H](Cn1cnc2c(N)ncnc21)NC(=O)C[C@@H](Cn1cnc2c(N)ncnc21)NC(=O)C[C@@H](Cn1cnc2c(N)ncnc21)NC(=O)C[C@H](N)Cn1cnc2c(N)ncnc21)C(N)=O. The molecule has 0 aliphatic carbocycles. The molecule has 8 aromatic rings. The highest BCUT2D eigenvalue weighted by molar-refractivity contribution is 5.88. The Labute approximate surface area is 418 Å². The molecule has 0 saturated heterocycles. The lowest BCUT2D eigenvalue weighted by atomic mass is 10.1. The molecule has 0 unspecified atom stereocenters. The average Bonchev–Trinajstić information content (AvgIpc) is 4.16. The van der Waals surface area contributed by atoms with Crippen LogP contribution in [0.2, 0.25) is 0 Å². The van der Waals surface area contributed by atoms with Crippen molar-refractivity contribution < 1.29 is 24.0 Å². The maximum Gasteiger partial charge on any atom is 0.239 e. The first-order valence-electron chi connectivity index (χ1n) is 23.2. The number of hydrogen-bond donors (Lipinski definition) is 11. The zero-order valence-electron chi connectivity index (χ0n) is 39.7. The molecule has 74 heavy (non-hydrogen) atoms. The van der Waals surface area contributed by atoms with Crippen LogP contribution in [0.25, 0.3) is 44.7 Å². The summed E-state index contributed by atoms with van der Waals surface area (Å²) < 4.78 is 6.46. The van der Waals surface area contributed by atoms with Gasteiger partial charge >= 0.3 is 0 Å². The summed E-state index contributed by atoms with van der Waals surface area (Å²) in [5.41, 5.74) is 44.7. The van der Waals surface area contributed by atoms with Crippen LogP contribution in [0, 0.1) is 0 Å². The van der Waals surface area contributed by atoms with Gasteiger partial charge in [-0.25, -0.2) is 59.8 Å². The lowest BCUT2D eigenvalue weighted by Gasteiger charge is -2.25. The van der Waals surface area contributed by atoms with Gasteiger partial charge in [-0.3, -0.25) is 24.0 Å². The standard InChI is InChI=1S/C42H55N27O5/c43-4-2-1-3-25(38(49)74)65-29(73)8-24(12-69-20-61-33-37(48)53-16-57-42(33)69)64-28(72)7-23(11-68-19-60-32-36(47)52-15-56-41(32)68)63-27(71)6-22(10-67-18-59-31-35(46)51-14-55-40(31)67)62-26(70)5-21(44)9-66-17-58-30-34(45)50-13-54-39(30)66/h13-25H,1-12,43-44H2,(H2,49,74)(H,62,70)(H,63,71)(H,64,72)(H,65,73)(H2,45,50,54)(H2,46,51,55)(H2,47,52,56)(H2,48,53,57)/t21-,22-,23-,24-,25-/m0/s1. The van der Waals surface area contributed by atoms with E-state index in [1.807, 2.05) is 0 Å². The Bertz CT molecular complexity index is 3310. The molecule has 5 amide bonds. The number of aromatic nitrogens is 16. The Balaban J connectivity index is 1.02. The Morgan fingerprint density at radius 2 is 0.770 bits per heavy atom. The van der Waals surface area contributed by atoms with E-state index >= 15 is 0 Å². The van der Waals surface area contributed by atoms with Gasteiger partial charge in [0.1, 0.15) is 53.4 Å². The number of unbranched alkanes of at least 4 members (excludes halogenated alkanes) is 1. The van der Waals surface area contributed by atoms with Crippen LogP contribution in [-0.2, 0) is 50.2 Å². The maximum atomic E-state index is 14.4. The fourth-order valence-electron chi connectivity index (χ4n) is 8.44. The molecule has 0 saturated carbocycles. The van der Waals surface area contributed by atoms with E-state index < -0.39 is 59.7 Å². The molecule has 8 aromatic heterocycles. The minimum atomic E-state index is -0.988. The van der Waals surface area contributed by atoms with Crippen LogP contribution < -0.4 is 61.4 Å². The van der Waals surface area contributed by atoms with Crippen molar-refractivity contribution in [3.63, 3.8) is 0 Å². The van der Waals surface area contributed by atoms with Crippen molar-refractivity contribution in [2.45, 2.75) is 101 Å². The molecular weight excluding hydrogens is 963 g/mol. The van der Waals surface area contributed by atoms with Crippen LogP contribution in [0.3, 0.4) is 0 Å². The number of nitrogens with one attached hydrogen (secondary N) is 4. The minimum Gasteiger partial charge on any atom is -0.382 e. The number of rotatable bonds is 25. The van der Waals surface area contributed by atoms with E-state index in [9.17, 15) is 24.0 Å². The number of anilines is 4. The average molecular weight is 1020 g/mol. The molecule has 8 heterocycles. The van der Waals surface area contributed by atoms with E-state index in [1.54, 1.807) is 18.3 Å². The number of imidazole rings is 4. The van der Waals surface area contributed by atoms with Crippen molar-refractivity contribution >= 4 is 97.5 Å². The first-order chi connectivity index (χ1) is 35.6. The highest BCUT2D eigenvalue weighted by Crippen LogP contribution is 2.20. The molecular formula is C42H55N27O5. The van der Waals surface area contributed by atoms with Crippen molar-refractivity contribution in [3.05, 3.63) is 50.6 Å². The molecule has 32 nitrogen and oxygen atoms in total. The topological polar surface area (TPSA) is 490 Å². The van der Waals surface area contributed by atoms with Crippen LogP contribution >= 0.6 is 0 Å². The minimum absolute atomic E-state index is 0.00983. The summed E-state index contributed by atoms with van der Waals surface area (Å²) in [5.74, 6) is -2.43. The number of amides is 5. The predicted octanol–water partition coefficient (Wildman–Crippen LogP) is -3.88. The molecule has 0 fully saturated rings. The molecule has 388 valence electrons. The van der Waals surface area contributed by atoms with Gasteiger partial charge < -0.3 is 79.7 Å². The van der Waals surface area contributed by atoms with Gasteiger partial charge in [-0.1, -0.05) is 0 Å². The van der Waals surface area contributed by atoms with Gasteiger partial charge in [0.15, 0.2) is 45.9 Å². The van der Waals surface area contributed by atoms with Crippen LogP contribution in [0.5, 0.6) is 0 Å². The van der Waals surface area contributed by atoms with E-state index in [4.69, 9.17) is 40.1 Å². The van der Waals surface area contributed by atoms with Gasteiger partial charge in [-0.2, -0.15) is 0 Å². The maximum absolute atomic E-state index is 14.4. The predicted molar refractivity (Wildman–Crippen MR) is 265 cm³/mol. The first kappa shape index (κ1) is 51.0. The highest BCUT2D eigenvalue weighted by atomic mass is 16.2. The van der Waals surface area contributed by atoms with Crippen molar-refractivity contribution in [2.75, 3.05) is 29.5 Å². The summed E-state index contributed by atoms with van der Waals surface area (Å²) in [6.07, 6.45) is 11.1. The number of nitrogens with two attached hydrogens (primary N) is 7. The number of primary amides is 1. The van der Waals surface area contributed by atoms with E-state index in [0.29, 0.717) is 64.0 Å². The third kappa shape index (κ3) is 12.2. The van der Waals surface area contributed by atoms with Crippen LogP contribution in [0.4, 0.5) is 23.3 Å². The Morgan fingerprint density at radius 3 is 1.11 bits per heavy atom. The largest absolute Gasteiger partial charge is 0.382 e. The summed E-state index contributed by atoms with van der Waals surface area (Å²) in [7, 11) is 0. The van der Waals surface area contributed by atoms with Gasteiger partial charge in [0.2, 0.25) is 29.5 Å². The van der Waals surface area contributed by atoms with Crippen molar-refractivity contribution in [1.29, 1.82) is 0 Å². The van der Waals surface area contributed by atoms with Crippen molar-refractivity contribution in [3.8, 4) is 0 Å². The van der Waals surface area contributed by atoms with Gasteiger partial charge in [-0.05, 0) is 25.8 Å². The lowest BCUT2D eigenvalue weighted by molar-refractivity contribution is -0.128.